The van der Waals surface area contributed by atoms with Crippen LogP contribution in [0.3, 0.4) is 0 Å². The van der Waals surface area contributed by atoms with E-state index in [9.17, 15) is 4.79 Å². The summed E-state index contributed by atoms with van der Waals surface area (Å²) in [6.07, 6.45) is 0. The summed E-state index contributed by atoms with van der Waals surface area (Å²) in [6, 6.07) is 14.5. The number of nitrogens with zero attached hydrogens (tertiary/aromatic N) is 2. The molecule has 0 spiro atoms. The molecule has 25 heavy (non-hydrogen) atoms. The molecule has 0 fully saturated rings. The molecule has 128 valence electrons. The van der Waals surface area contributed by atoms with Crippen molar-refractivity contribution in [3.05, 3.63) is 60.0 Å². The highest BCUT2D eigenvalue weighted by Gasteiger charge is 2.08. The highest BCUT2D eigenvalue weighted by Crippen LogP contribution is 2.20. The van der Waals surface area contributed by atoms with E-state index >= 15 is 0 Å². The predicted octanol–water partition coefficient (Wildman–Crippen LogP) is 3.38. The number of carbonyl (C=O) groups excluding carboxylic acids is 1. The SMILES string of the molecule is COc1ccccc1CNC(=O)Nc1cccc(-c2noc(C)n2)c1. The molecule has 0 aliphatic heterocycles. The van der Waals surface area contributed by atoms with Gasteiger partial charge < -0.3 is 19.9 Å². The van der Waals surface area contributed by atoms with Crippen LogP contribution in [0.15, 0.2) is 53.1 Å². The van der Waals surface area contributed by atoms with Crippen molar-refractivity contribution in [2.24, 2.45) is 0 Å². The third kappa shape index (κ3) is 4.14. The smallest absolute Gasteiger partial charge is 0.319 e. The number of hydrogen-bond acceptors (Lipinski definition) is 5. The number of carbonyl (C=O) groups is 1. The van der Waals surface area contributed by atoms with E-state index in [1.165, 1.54) is 0 Å². The zero-order chi connectivity index (χ0) is 17.6. The van der Waals surface area contributed by atoms with Gasteiger partial charge in [-0.2, -0.15) is 4.98 Å². The van der Waals surface area contributed by atoms with E-state index < -0.39 is 0 Å². The minimum atomic E-state index is -0.313. The van der Waals surface area contributed by atoms with Crippen LogP contribution in [0, 0.1) is 6.92 Å². The molecule has 0 bridgehead atoms. The van der Waals surface area contributed by atoms with Gasteiger partial charge in [-0.1, -0.05) is 35.5 Å². The van der Waals surface area contributed by atoms with Crippen LogP contribution < -0.4 is 15.4 Å². The third-order valence-corrected chi connectivity index (χ3v) is 3.54. The number of hydrogen-bond donors (Lipinski definition) is 2. The van der Waals surface area contributed by atoms with Crippen LogP contribution in [0.4, 0.5) is 10.5 Å². The Morgan fingerprint density at radius 2 is 2.04 bits per heavy atom. The number of para-hydroxylation sites is 1. The van der Waals surface area contributed by atoms with Crippen LogP contribution >= 0.6 is 0 Å². The standard InChI is InChI=1S/C18H18N4O3/c1-12-20-17(22-25-12)13-7-5-8-15(10-13)21-18(23)19-11-14-6-3-4-9-16(14)24-2/h3-10H,11H2,1-2H3,(H2,19,21,23). The Balaban J connectivity index is 1.63. The Labute approximate surface area is 145 Å². The van der Waals surface area contributed by atoms with Gasteiger partial charge >= 0.3 is 6.03 Å². The van der Waals surface area contributed by atoms with E-state index in [2.05, 4.69) is 20.8 Å². The monoisotopic (exact) mass is 338 g/mol. The highest BCUT2D eigenvalue weighted by molar-refractivity contribution is 5.89. The summed E-state index contributed by atoms with van der Waals surface area (Å²) in [4.78, 5) is 16.3. The van der Waals surface area contributed by atoms with Crippen LogP contribution in [0.5, 0.6) is 5.75 Å². The molecule has 7 heteroatoms. The second kappa shape index (κ2) is 7.48. The molecule has 0 saturated carbocycles. The van der Waals surface area contributed by atoms with Crippen molar-refractivity contribution in [3.63, 3.8) is 0 Å². The van der Waals surface area contributed by atoms with Gasteiger partial charge in [0.05, 0.1) is 7.11 Å². The van der Waals surface area contributed by atoms with Gasteiger partial charge in [0.25, 0.3) is 0 Å². The maximum atomic E-state index is 12.1. The Morgan fingerprint density at radius 1 is 1.20 bits per heavy atom. The van der Waals surface area contributed by atoms with Crippen LogP contribution in [-0.4, -0.2) is 23.3 Å². The van der Waals surface area contributed by atoms with Gasteiger partial charge in [-0.05, 0) is 18.2 Å². The van der Waals surface area contributed by atoms with Gasteiger partial charge in [0.15, 0.2) is 0 Å². The third-order valence-electron chi connectivity index (χ3n) is 3.54. The van der Waals surface area contributed by atoms with Gasteiger partial charge in [-0.3, -0.25) is 0 Å². The Kier molecular flexibility index (Phi) is 4.94. The molecule has 0 unspecified atom stereocenters. The fraction of sp³-hybridized carbons (Fsp3) is 0.167. The summed E-state index contributed by atoms with van der Waals surface area (Å²) in [5.41, 5.74) is 2.30. The van der Waals surface area contributed by atoms with Crippen molar-refractivity contribution in [1.29, 1.82) is 0 Å². The van der Waals surface area contributed by atoms with E-state index in [-0.39, 0.29) is 6.03 Å². The molecular weight excluding hydrogens is 320 g/mol. The number of ether oxygens (including phenoxy) is 1. The Bertz CT molecular complexity index is 876. The number of benzene rings is 2. The molecule has 7 nitrogen and oxygen atoms in total. The highest BCUT2D eigenvalue weighted by atomic mass is 16.5. The molecule has 0 radical (unpaired) electrons. The summed E-state index contributed by atoms with van der Waals surface area (Å²) >= 11 is 0. The maximum absolute atomic E-state index is 12.1. The topological polar surface area (TPSA) is 89.3 Å². The van der Waals surface area contributed by atoms with Gasteiger partial charge in [0.2, 0.25) is 11.7 Å². The molecule has 1 heterocycles. The van der Waals surface area contributed by atoms with E-state index in [0.717, 1.165) is 16.9 Å². The summed E-state index contributed by atoms with van der Waals surface area (Å²) in [5, 5.41) is 9.47. The molecule has 0 aliphatic rings. The first-order chi connectivity index (χ1) is 12.2. The molecular formula is C18H18N4O3. The summed E-state index contributed by atoms with van der Waals surface area (Å²) in [6.45, 7) is 2.09. The van der Waals surface area contributed by atoms with Gasteiger partial charge in [-0.25, -0.2) is 4.79 Å². The number of aryl methyl sites for hydroxylation is 1. The zero-order valence-corrected chi connectivity index (χ0v) is 13.9. The fourth-order valence-electron chi connectivity index (χ4n) is 2.35. The normalized spacial score (nSPS) is 10.3. The lowest BCUT2D eigenvalue weighted by molar-refractivity contribution is 0.251. The molecule has 2 N–H and O–H groups in total. The largest absolute Gasteiger partial charge is 0.496 e. The van der Waals surface area contributed by atoms with Crippen LogP contribution in [-0.2, 0) is 6.54 Å². The van der Waals surface area contributed by atoms with E-state index in [4.69, 9.17) is 9.26 Å². The maximum Gasteiger partial charge on any atom is 0.319 e. The quantitative estimate of drug-likeness (QED) is 0.744. The first kappa shape index (κ1) is 16.5. The molecule has 3 rings (SSSR count). The molecule has 2 amide bonds. The fourth-order valence-corrected chi connectivity index (χ4v) is 2.35. The van der Waals surface area contributed by atoms with Gasteiger partial charge in [0, 0.05) is 30.3 Å². The molecule has 0 aliphatic carbocycles. The zero-order valence-electron chi connectivity index (χ0n) is 13.9. The molecule has 0 saturated heterocycles. The Hall–Kier alpha value is -3.35. The average molecular weight is 338 g/mol. The summed E-state index contributed by atoms with van der Waals surface area (Å²) < 4.78 is 10.2. The van der Waals surface area contributed by atoms with Crippen molar-refractivity contribution in [3.8, 4) is 17.1 Å². The van der Waals surface area contributed by atoms with Crippen LogP contribution in [0.2, 0.25) is 0 Å². The van der Waals surface area contributed by atoms with Crippen molar-refractivity contribution >= 4 is 11.7 Å². The van der Waals surface area contributed by atoms with E-state index in [1.54, 1.807) is 26.2 Å². The number of anilines is 1. The lowest BCUT2D eigenvalue weighted by Gasteiger charge is -2.11. The number of urea groups is 1. The lowest BCUT2D eigenvalue weighted by atomic mass is 10.2. The van der Waals surface area contributed by atoms with Crippen molar-refractivity contribution < 1.29 is 14.1 Å². The van der Waals surface area contributed by atoms with Crippen molar-refractivity contribution in [2.75, 3.05) is 12.4 Å². The van der Waals surface area contributed by atoms with Gasteiger partial charge in [-0.15, -0.1) is 0 Å². The second-order valence-corrected chi connectivity index (χ2v) is 5.34. The van der Waals surface area contributed by atoms with E-state index in [1.807, 2.05) is 36.4 Å². The van der Waals surface area contributed by atoms with Crippen LogP contribution in [0.25, 0.3) is 11.4 Å². The minimum absolute atomic E-state index is 0.313. The molecule has 1 aromatic heterocycles. The molecule has 2 aromatic carbocycles. The van der Waals surface area contributed by atoms with Crippen LogP contribution in [0.1, 0.15) is 11.5 Å². The van der Waals surface area contributed by atoms with Crippen molar-refractivity contribution in [2.45, 2.75) is 13.5 Å². The van der Waals surface area contributed by atoms with Crippen molar-refractivity contribution in [1.82, 2.24) is 15.5 Å². The Morgan fingerprint density at radius 3 is 2.80 bits per heavy atom. The number of rotatable bonds is 5. The minimum Gasteiger partial charge on any atom is -0.496 e. The predicted molar refractivity (Wildman–Crippen MR) is 93.3 cm³/mol. The number of methoxy groups -OCH3 is 1. The number of aromatic nitrogens is 2. The number of amides is 2. The molecule has 0 atom stereocenters. The first-order valence-corrected chi connectivity index (χ1v) is 7.73. The second-order valence-electron chi connectivity index (χ2n) is 5.34. The summed E-state index contributed by atoms with van der Waals surface area (Å²) in [5.74, 6) is 1.70. The average Bonchev–Trinajstić information content (AvgIpc) is 3.07. The van der Waals surface area contributed by atoms with E-state index in [0.29, 0.717) is 23.9 Å². The number of nitrogens with one attached hydrogen (secondary N) is 2. The van der Waals surface area contributed by atoms with Gasteiger partial charge in [0.1, 0.15) is 5.75 Å². The molecule has 3 aromatic rings. The first-order valence-electron chi connectivity index (χ1n) is 7.73. The lowest BCUT2D eigenvalue weighted by Crippen LogP contribution is -2.28. The summed E-state index contributed by atoms with van der Waals surface area (Å²) in [7, 11) is 1.60.